The Morgan fingerprint density at radius 2 is 2.12 bits per heavy atom. The third-order valence-electron chi connectivity index (χ3n) is 4.23. The number of piperidine rings is 1. The number of carbonyl (C=O) groups excluding carboxylic acids is 2. The van der Waals surface area contributed by atoms with Crippen LogP contribution in [0.5, 0.6) is 0 Å². The molecule has 2 heterocycles. The van der Waals surface area contributed by atoms with E-state index in [4.69, 9.17) is 10.2 Å². The van der Waals surface area contributed by atoms with Gasteiger partial charge in [-0.3, -0.25) is 9.59 Å². The molecule has 1 atom stereocenters. The van der Waals surface area contributed by atoms with E-state index in [0.29, 0.717) is 37.3 Å². The fraction of sp³-hybridized carbons (Fsp3) is 0.412. The number of furan rings is 1. The van der Waals surface area contributed by atoms with Crippen molar-refractivity contribution in [2.24, 2.45) is 11.7 Å². The lowest BCUT2D eigenvalue weighted by atomic mass is 9.96. The van der Waals surface area contributed by atoms with Crippen molar-refractivity contribution < 1.29 is 14.0 Å². The standard InChI is InChI=1S/C17H21N3O3.ClH/c18-7-8-19-16(21)12-4-3-9-20(10-12)17(22)14-11-23-15-6-2-1-5-13(14)15;/h1-2,5-6,11-12H,3-4,7-10,18H2,(H,19,21);1H. The maximum Gasteiger partial charge on any atom is 0.257 e. The molecule has 24 heavy (non-hydrogen) atoms. The van der Waals surface area contributed by atoms with Crippen molar-refractivity contribution in [2.45, 2.75) is 12.8 Å². The van der Waals surface area contributed by atoms with Crippen molar-refractivity contribution in [1.29, 1.82) is 0 Å². The number of amides is 2. The molecule has 0 aliphatic carbocycles. The van der Waals surface area contributed by atoms with Gasteiger partial charge in [0.1, 0.15) is 11.8 Å². The molecule has 1 aliphatic rings. The zero-order chi connectivity index (χ0) is 16.2. The van der Waals surface area contributed by atoms with E-state index in [1.165, 1.54) is 6.26 Å². The maximum absolute atomic E-state index is 12.8. The minimum atomic E-state index is -0.169. The van der Waals surface area contributed by atoms with Gasteiger partial charge in [-0.1, -0.05) is 18.2 Å². The summed E-state index contributed by atoms with van der Waals surface area (Å²) in [5.41, 5.74) is 6.67. The van der Waals surface area contributed by atoms with Gasteiger partial charge in [0.25, 0.3) is 5.91 Å². The number of hydrogen-bond donors (Lipinski definition) is 2. The Morgan fingerprint density at radius 1 is 1.33 bits per heavy atom. The first-order valence-electron chi connectivity index (χ1n) is 7.94. The first-order chi connectivity index (χ1) is 11.2. The highest BCUT2D eigenvalue weighted by Crippen LogP contribution is 2.24. The fourth-order valence-electron chi connectivity index (χ4n) is 3.03. The number of carbonyl (C=O) groups is 2. The second-order valence-corrected chi connectivity index (χ2v) is 5.82. The summed E-state index contributed by atoms with van der Waals surface area (Å²) < 4.78 is 5.45. The molecule has 0 saturated carbocycles. The number of halogens is 1. The van der Waals surface area contributed by atoms with E-state index < -0.39 is 0 Å². The summed E-state index contributed by atoms with van der Waals surface area (Å²) in [6.45, 7) is 1.99. The number of para-hydroxylation sites is 1. The molecular formula is C17H22ClN3O3. The number of nitrogens with two attached hydrogens (primary N) is 1. The van der Waals surface area contributed by atoms with E-state index in [2.05, 4.69) is 5.32 Å². The first-order valence-corrected chi connectivity index (χ1v) is 7.94. The third kappa shape index (κ3) is 3.71. The zero-order valence-electron chi connectivity index (χ0n) is 13.4. The molecule has 1 aromatic heterocycles. The molecule has 0 bridgehead atoms. The quantitative estimate of drug-likeness (QED) is 0.878. The van der Waals surface area contributed by atoms with Crippen molar-refractivity contribution in [3.05, 3.63) is 36.1 Å². The molecule has 7 heteroatoms. The van der Waals surface area contributed by atoms with E-state index in [1.807, 2.05) is 24.3 Å². The van der Waals surface area contributed by atoms with Crippen LogP contribution >= 0.6 is 12.4 Å². The molecule has 3 N–H and O–H groups in total. The number of nitrogens with zero attached hydrogens (tertiary/aromatic N) is 1. The van der Waals surface area contributed by atoms with Crippen molar-refractivity contribution in [1.82, 2.24) is 10.2 Å². The van der Waals surface area contributed by atoms with Crippen LogP contribution in [0.3, 0.4) is 0 Å². The second-order valence-electron chi connectivity index (χ2n) is 5.82. The van der Waals surface area contributed by atoms with Crippen LogP contribution in [0.15, 0.2) is 34.9 Å². The molecule has 1 saturated heterocycles. The van der Waals surface area contributed by atoms with Crippen molar-refractivity contribution in [3.63, 3.8) is 0 Å². The summed E-state index contributed by atoms with van der Waals surface area (Å²) in [6, 6.07) is 7.47. The number of rotatable bonds is 4. The lowest BCUT2D eigenvalue weighted by molar-refractivity contribution is -0.126. The number of hydrogen-bond acceptors (Lipinski definition) is 4. The monoisotopic (exact) mass is 351 g/mol. The predicted octanol–water partition coefficient (Wildman–Crippen LogP) is 1.78. The van der Waals surface area contributed by atoms with E-state index in [0.717, 1.165) is 18.2 Å². The van der Waals surface area contributed by atoms with Crippen LogP contribution in [0.25, 0.3) is 11.0 Å². The lowest BCUT2D eigenvalue weighted by Gasteiger charge is -2.31. The number of likely N-dealkylation sites (tertiary alicyclic amines) is 1. The van der Waals surface area contributed by atoms with Gasteiger partial charge in [-0.2, -0.15) is 0 Å². The largest absolute Gasteiger partial charge is 0.463 e. The minimum absolute atomic E-state index is 0. The SMILES string of the molecule is Cl.NCCNC(=O)C1CCCN(C(=O)c2coc3ccccc23)C1. The van der Waals surface area contributed by atoms with Crippen LogP contribution in [0.1, 0.15) is 23.2 Å². The van der Waals surface area contributed by atoms with Crippen molar-refractivity contribution in [3.8, 4) is 0 Å². The average molecular weight is 352 g/mol. The summed E-state index contributed by atoms with van der Waals surface area (Å²) in [5, 5.41) is 3.62. The predicted molar refractivity (Wildman–Crippen MR) is 94.2 cm³/mol. The van der Waals surface area contributed by atoms with E-state index in [9.17, 15) is 9.59 Å². The van der Waals surface area contributed by atoms with Gasteiger partial charge in [0.05, 0.1) is 11.5 Å². The van der Waals surface area contributed by atoms with Gasteiger partial charge in [-0.25, -0.2) is 0 Å². The molecule has 3 rings (SSSR count). The fourth-order valence-corrected chi connectivity index (χ4v) is 3.03. The first kappa shape index (κ1) is 18.3. The zero-order valence-corrected chi connectivity index (χ0v) is 14.2. The van der Waals surface area contributed by atoms with E-state index >= 15 is 0 Å². The van der Waals surface area contributed by atoms with Gasteiger partial charge in [0.15, 0.2) is 0 Å². The van der Waals surface area contributed by atoms with E-state index in [1.54, 1.807) is 4.90 Å². The van der Waals surface area contributed by atoms with Crippen molar-refractivity contribution in [2.75, 3.05) is 26.2 Å². The van der Waals surface area contributed by atoms with Crippen LogP contribution in [0.2, 0.25) is 0 Å². The van der Waals surface area contributed by atoms with Crippen molar-refractivity contribution >= 4 is 35.2 Å². The normalized spacial score (nSPS) is 17.4. The minimum Gasteiger partial charge on any atom is -0.463 e. The molecule has 1 unspecified atom stereocenters. The van der Waals surface area contributed by atoms with Gasteiger partial charge in [0.2, 0.25) is 5.91 Å². The number of nitrogens with one attached hydrogen (secondary N) is 1. The Kier molecular flexibility index (Phi) is 6.23. The Bertz CT molecular complexity index is 716. The molecule has 1 aliphatic heterocycles. The Labute approximate surface area is 146 Å². The second kappa shape index (κ2) is 8.17. The van der Waals surface area contributed by atoms with E-state index in [-0.39, 0.29) is 30.1 Å². The Balaban J connectivity index is 0.00000208. The number of fused-ring (bicyclic) bond motifs is 1. The van der Waals surface area contributed by atoms with Crippen LogP contribution in [0, 0.1) is 5.92 Å². The summed E-state index contributed by atoms with van der Waals surface area (Å²) in [4.78, 5) is 26.6. The molecule has 1 fully saturated rings. The summed E-state index contributed by atoms with van der Waals surface area (Å²) in [7, 11) is 0. The van der Waals surface area contributed by atoms with Crippen LogP contribution in [-0.2, 0) is 4.79 Å². The molecular weight excluding hydrogens is 330 g/mol. The molecule has 0 spiro atoms. The van der Waals surface area contributed by atoms with Crippen LogP contribution < -0.4 is 11.1 Å². The smallest absolute Gasteiger partial charge is 0.257 e. The molecule has 2 amide bonds. The highest BCUT2D eigenvalue weighted by molar-refractivity contribution is 6.06. The van der Waals surface area contributed by atoms with Crippen LogP contribution in [-0.4, -0.2) is 42.9 Å². The molecule has 2 aromatic rings. The highest BCUT2D eigenvalue weighted by atomic mass is 35.5. The van der Waals surface area contributed by atoms with Gasteiger partial charge in [-0.15, -0.1) is 12.4 Å². The molecule has 130 valence electrons. The van der Waals surface area contributed by atoms with Gasteiger partial charge in [-0.05, 0) is 18.9 Å². The average Bonchev–Trinajstić information content (AvgIpc) is 3.03. The molecule has 1 aromatic carbocycles. The summed E-state index contributed by atoms with van der Waals surface area (Å²) in [6.07, 6.45) is 3.12. The highest BCUT2D eigenvalue weighted by Gasteiger charge is 2.29. The lowest BCUT2D eigenvalue weighted by Crippen LogP contribution is -2.46. The Morgan fingerprint density at radius 3 is 2.92 bits per heavy atom. The number of benzene rings is 1. The molecule has 0 radical (unpaired) electrons. The summed E-state index contributed by atoms with van der Waals surface area (Å²) >= 11 is 0. The molecule has 6 nitrogen and oxygen atoms in total. The van der Waals surface area contributed by atoms with Crippen LogP contribution in [0.4, 0.5) is 0 Å². The maximum atomic E-state index is 12.8. The topological polar surface area (TPSA) is 88.6 Å². The van der Waals surface area contributed by atoms with Gasteiger partial charge < -0.3 is 20.4 Å². The van der Waals surface area contributed by atoms with Gasteiger partial charge >= 0.3 is 0 Å². The Hall–Kier alpha value is -2.05. The third-order valence-corrected chi connectivity index (χ3v) is 4.23. The van der Waals surface area contributed by atoms with Gasteiger partial charge in [0, 0.05) is 31.6 Å². The summed E-state index contributed by atoms with van der Waals surface area (Å²) in [5.74, 6) is -0.270.